The Morgan fingerprint density at radius 2 is 1.83 bits per heavy atom. The van der Waals surface area contributed by atoms with E-state index in [2.05, 4.69) is 5.32 Å². The molecule has 35 heavy (non-hydrogen) atoms. The third kappa shape index (κ3) is 8.61. The van der Waals surface area contributed by atoms with E-state index >= 15 is 0 Å². The number of unbranched alkanes of at least 4 members (excludes halogenated alkanes) is 1. The van der Waals surface area contributed by atoms with E-state index in [4.69, 9.17) is 43.1 Å². The number of amides is 1. The number of carbonyl (C=O) groups excluding carboxylic acids is 3. The maximum atomic E-state index is 13.0. The van der Waals surface area contributed by atoms with Crippen LogP contribution in [-0.2, 0) is 25.5 Å². The van der Waals surface area contributed by atoms with Gasteiger partial charge in [0.1, 0.15) is 11.1 Å². The van der Waals surface area contributed by atoms with E-state index < -0.39 is 36.2 Å². The maximum Gasteiger partial charge on any atom is 0.344 e. The summed E-state index contributed by atoms with van der Waals surface area (Å²) in [5.74, 6) is -2.92. The normalized spacial score (nSPS) is 11.4. The van der Waals surface area contributed by atoms with E-state index in [-0.39, 0.29) is 41.0 Å². The molecular formula is C24H28Cl2N2O7. The van der Waals surface area contributed by atoms with Gasteiger partial charge in [0.25, 0.3) is 5.91 Å². The second-order valence-corrected chi connectivity index (χ2v) is 8.16. The molecule has 0 aromatic heterocycles. The van der Waals surface area contributed by atoms with Crippen molar-refractivity contribution in [1.82, 2.24) is 5.32 Å². The molecule has 2 aromatic carbocycles. The summed E-state index contributed by atoms with van der Waals surface area (Å²) in [4.78, 5) is 37.2. The zero-order chi connectivity index (χ0) is 25.8. The Morgan fingerprint density at radius 3 is 2.49 bits per heavy atom. The van der Waals surface area contributed by atoms with E-state index in [1.807, 2.05) is 0 Å². The number of nitrogens with one attached hydrogen (secondary N) is 1. The molecule has 2 rings (SSSR count). The monoisotopic (exact) mass is 526 g/mol. The largest absolute Gasteiger partial charge is 0.505 e. The lowest BCUT2D eigenvalue weighted by atomic mass is 10.1. The van der Waals surface area contributed by atoms with Crippen LogP contribution < -0.4 is 15.8 Å². The number of rotatable bonds is 13. The van der Waals surface area contributed by atoms with Gasteiger partial charge in [-0.1, -0.05) is 53.5 Å². The van der Waals surface area contributed by atoms with Gasteiger partial charge in [-0.2, -0.15) is 0 Å². The van der Waals surface area contributed by atoms with Crippen LogP contribution in [0, 0.1) is 0 Å². The minimum absolute atomic E-state index is 0.00944. The summed E-state index contributed by atoms with van der Waals surface area (Å²) in [7, 11) is 0. The third-order valence-corrected chi connectivity index (χ3v) is 5.38. The molecule has 0 saturated heterocycles. The van der Waals surface area contributed by atoms with Gasteiger partial charge in [-0.25, -0.2) is 9.59 Å². The number of hydrogen-bond acceptors (Lipinski definition) is 8. The lowest BCUT2D eigenvalue weighted by Gasteiger charge is -2.19. The Labute approximate surface area is 213 Å². The predicted octanol–water partition coefficient (Wildman–Crippen LogP) is 3.26. The van der Waals surface area contributed by atoms with E-state index in [0.717, 1.165) is 12.0 Å². The first-order valence-electron chi connectivity index (χ1n) is 11.0. The van der Waals surface area contributed by atoms with Crippen LogP contribution in [-0.4, -0.2) is 55.4 Å². The number of ether oxygens (including phenoxy) is 3. The van der Waals surface area contributed by atoms with E-state index in [1.54, 1.807) is 37.3 Å². The van der Waals surface area contributed by atoms with Crippen molar-refractivity contribution in [3.05, 3.63) is 57.6 Å². The lowest BCUT2D eigenvalue weighted by molar-refractivity contribution is -0.159. The quantitative estimate of drug-likeness (QED) is 0.267. The van der Waals surface area contributed by atoms with Gasteiger partial charge in [0.2, 0.25) is 0 Å². The second-order valence-electron chi connectivity index (χ2n) is 7.37. The summed E-state index contributed by atoms with van der Waals surface area (Å²) >= 11 is 12.4. The Bertz CT molecular complexity index is 1020. The van der Waals surface area contributed by atoms with Crippen LogP contribution in [0.15, 0.2) is 36.4 Å². The molecule has 9 nitrogen and oxygen atoms in total. The molecule has 0 fully saturated rings. The fourth-order valence-electron chi connectivity index (χ4n) is 3.03. The molecule has 0 saturated carbocycles. The summed E-state index contributed by atoms with van der Waals surface area (Å²) in [6.45, 7) is 1.92. The number of benzene rings is 2. The molecule has 2 aromatic rings. The average Bonchev–Trinajstić information content (AvgIpc) is 2.84. The summed E-state index contributed by atoms with van der Waals surface area (Å²) in [6.07, 6.45) is 1.46. The first-order chi connectivity index (χ1) is 16.8. The Kier molecular flexibility index (Phi) is 11.6. The summed E-state index contributed by atoms with van der Waals surface area (Å²) in [5, 5.41) is 12.8. The molecule has 0 heterocycles. The highest BCUT2D eigenvalue weighted by Crippen LogP contribution is 2.42. The number of halogens is 2. The standard InChI is InChI=1S/C24H28Cl2N2O7/c1-2-33-19(29)14-35-24(32)18(12-15-8-4-3-5-9-15)28-23(31)16-13-17(25)22(20(26)21(16)30)34-11-7-6-10-27/h3-5,8-9,13,18,30H,2,6-7,10-12,14,27H2,1H3,(H,28,31). The van der Waals surface area contributed by atoms with Crippen molar-refractivity contribution < 1.29 is 33.7 Å². The highest BCUT2D eigenvalue weighted by atomic mass is 35.5. The van der Waals surface area contributed by atoms with E-state index in [0.29, 0.717) is 13.0 Å². The van der Waals surface area contributed by atoms with Crippen molar-refractivity contribution in [3.63, 3.8) is 0 Å². The van der Waals surface area contributed by atoms with Crippen LogP contribution >= 0.6 is 23.2 Å². The molecule has 0 bridgehead atoms. The number of esters is 2. The van der Waals surface area contributed by atoms with Crippen LogP contribution in [0.25, 0.3) is 0 Å². The molecule has 1 atom stereocenters. The Hall–Kier alpha value is -3.01. The molecular weight excluding hydrogens is 499 g/mol. The van der Waals surface area contributed by atoms with Crippen LogP contribution in [0.2, 0.25) is 10.0 Å². The van der Waals surface area contributed by atoms with Crippen molar-refractivity contribution in [2.75, 3.05) is 26.4 Å². The van der Waals surface area contributed by atoms with E-state index in [9.17, 15) is 19.5 Å². The fourth-order valence-corrected chi connectivity index (χ4v) is 3.59. The number of phenols is 1. The van der Waals surface area contributed by atoms with Gasteiger partial charge >= 0.3 is 11.9 Å². The average molecular weight is 527 g/mol. The minimum Gasteiger partial charge on any atom is -0.505 e. The van der Waals surface area contributed by atoms with Gasteiger partial charge in [-0.15, -0.1) is 0 Å². The van der Waals surface area contributed by atoms with E-state index in [1.165, 1.54) is 6.07 Å². The van der Waals surface area contributed by atoms with Crippen molar-refractivity contribution >= 4 is 41.0 Å². The van der Waals surface area contributed by atoms with Crippen molar-refractivity contribution in [3.8, 4) is 11.5 Å². The Balaban J connectivity index is 2.21. The second kappa shape index (κ2) is 14.4. The van der Waals surface area contributed by atoms with Gasteiger partial charge < -0.3 is 30.4 Å². The predicted molar refractivity (Wildman–Crippen MR) is 131 cm³/mol. The summed E-state index contributed by atoms with van der Waals surface area (Å²) < 4.78 is 15.3. The van der Waals surface area contributed by atoms with Crippen LogP contribution in [0.5, 0.6) is 11.5 Å². The van der Waals surface area contributed by atoms with Crippen molar-refractivity contribution in [1.29, 1.82) is 0 Å². The molecule has 0 aliphatic heterocycles. The van der Waals surface area contributed by atoms with Gasteiger partial charge in [0, 0.05) is 6.42 Å². The maximum absolute atomic E-state index is 13.0. The topological polar surface area (TPSA) is 137 Å². The van der Waals surface area contributed by atoms with Gasteiger partial charge in [-0.3, -0.25) is 4.79 Å². The molecule has 190 valence electrons. The van der Waals surface area contributed by atoms with Crippen molar-refractivity contribution in [2.45, 2.75) is 32.2 Å². The molecule has 4 N–H and O–H groups in total. The summed E-state index contributed by atoms with van der Waals surface area (Å²) in [5.41, 5.74) is 5.92. The van der Waals surface area contributed by atoms with Crippen LogP contribution in [0.3, 0.4) is 0 Å². The van der Waals surface area contributed by atoms with Crippen molar-refractivity contribution in [2.24, 2.45) is 5.73 Å². The molecule has 1 unspecified atom stereocenters. The van der Waals surface area contributed by atoms with Crippen LogP contribution in [0.1, 0.15) is 35.7 Å². The molecule has 0 aliphatic carbocycles. The minimum atomic E-state index is -1.18. The number of hydrogen-bond donors (Lipinski definition) is 3. The molecule has 0 aliphatic rings. The first kappa shape index (κ1) is 28.2. The highest BCUT2D eigenvalue weighted by molar-refractivity contribution is 6.39. The zero-order valence-corrected chi connectivity index (χ0v) is 20.7. The number of phenolic OH excluding ortho intramolecular Hbond substituents is 1. The van der Waals surface area contributed by atoms with Gasteiger partial charge in [-0.05, 0) is 37.9 Å². The van der Waals surface area contributed by atoms with Gasteiger partial charge in [0.05, 0.1) is 23.8 Å². The highest BCUT2D eigenvalue weighted by Gasteiger charge is 2.27. The zero-order valence-electron chi connectivity index (χ0n) is 19.2. The number of aromatic hydroxyl groups is 1. The molecule has 1 amide bonds. The first-order valence-corrected chi connectivity index (χ1v) is 11.7. The third-order valence-electron chi connectivity index (χ3n) is 4.75. The molecule has 0 spiro atoms. The van der Waals surface area contributed by atoms with Crippen LogP contribution in [0.4, 0.5) is 0 Å². The number of carbonyl (C=O) groups is 3. The molecule has 11 heteroatoms. The molecule has 0 radical (unpaired) electrons. The lowest BCUT2D eigenvalue weighted by Crippen LogP contribution is -2.44. The summed E-state index contributed by atoms with van der Waals surface area (Å²) in [6, 6.07) is 8.89. The number of nitrogens with two attached hydrogens (primary N) is 1. The smallest absolute Gasteiger partial charge is 0.344 e. The van der Waals surface area contributed by atoms with Gasteiger partial charge in [0.15, 0.2) is 18.1 Å². The SMILES string of the molecule is CCOC(=O)COC(=O)C(Cc1ccccc1)NC(=O)c1cc(Cl)c(OCCCCN)c(Cl)c1O. The fraction of sp³-hybridized carbons (Fsp3) is 0.375. The Morgan fingerprint density at radius 1 is 1.11 bits per heavy atom.